The minimum Gasteiger partial charge on any atom is -0.337 e. The summed E-state index contributed by atoms with van der Waals surface area (Å²) in [6.45, 7) is 3.00. The van der Waals surface area contributed by atoms with Gasteiger partial charge in [-0.1, -0.05) is 30.3 Å². The van der Waals surface area contributed by atoms with Gasteiger partial charge in [0.2, 0.25) is 0 Å². The fourth-order valence-electron chi connectivity index (χ4n) is 3.56. The van der Waals surface area contributed by atoms with Crippen molar-refractivity contribution in [3.8, 4) is 11.3 Å². The maximum absolute atomic E-state index is 4.80. The summed E-state index contributed by atoms with van der Waals surface area (Å²) in [5, 5.41) is 4.80. The van der Waals surface area contributed by atoms with Crippen LogP contribution in [0.3, 0.4) is 0 Å². The molecule has 4 rings (SSSR count). The van der Waals surface area contributed by atoms with E-state index in [9.17, 15) is 0 Å². The molecule has 0 saturated carbocycles. The molecule has 0 fully saturated rings. The Bertz CT molecular complexity index is 831. The van der Waals surface area contributed by atoms with Crippen LogP contribution in [0.1, 0.15) is 17.1 Å². The van der Waals surface area contributed by atoms with Crippen molar-refractivity contribution in [1.82, 2.24) is 24.2 Å². The SMILES string of the molecule is Cn1ccnc1CN1CCc2c(-c3ccccc3)nn(C)c2CC1. The van der Waals surface area contributed by atoms with E-state index in [1.54, 1.807) is 0 Å². The first-order chi connectivity index (χ1) is 11.7. The Morgan fingerprint density at radius 2 is 1.83 bits per heavy atom. The summed E-state index contributed by atoms with van der Waals surface area (Å²) >= 11 is 0. The van der Waals surface area contributed by atoms with Crippen molar-refractivity contribution in [2.45, 2.75) is 19.4 Å². The van der Waals surface area contributed by atoms with Gasteiger partial charge in [-0.25, -0.2) is 4.98 Å². The van der Waals surface area contributed by atoms with E-state index in [0.717, 1.165) is 44.0 Å². The van der Waals surface area contributed by atoms with Gasteiger partial charge in [-0.2, -0.15) is 5.10 Å². The van der Waals surface area contributed by atoms with Crippen LogP contribution in [-0.4, -0.2) is 37.3 Å². The van der Waals surface area contributed by atoms with Gasteiger partial charge in [0.05, 0.1) is 12.2 Å². The zero-order valence-electron chi connectivity index (χ0n) is 14.3. The average Bonchev–Trinajstić information content (AvgIpc) is 3.06. The Morgan fingerprint density at radius 1 is 1.04 bits per heavy atom. The number of hydrogen-bond acceptors (Lipinski definition) is 3. The third-order valence-corrected chi connectivity index (χ3v) is 4.95. The third kappa shape index (κ3) is 2.76. The largest absolute Gasteiger partial charge is 0.337 e. The van der Waals surface area contributed by atoms with E-state index >= 15 is 0 Å². The first kappa shape index (κ1) is 15.1. The average molecular weight is 321 g/mol. The summed E-state index contributed by atoms with van der Waals surface area (Å²) in [6.07, 6.45) is 5.96. The van der Waals surface area contributed by atoms with Gasteiger partial charge in [0.1, 0.15) is 5.82 Å². The van der Waals surface area contributed by atoms with E-state index in [2.05, 4.69) is 63.6 Å². The van der Waals surface area contributed by atoms with E-state index in [1.165, 1.54) is 16.8 Å². The van der Waals surface area contributed by atoms with Crippen LogP contribution in [0.5, 0.6) is 0 Å². The van der Waals surface area contributed by atoms with Crippen LogP contribution >= 0.6 is 0 Å². The molecule has 0 saturated heterocycles. The second-order valence-electron chi connectivity index (χ2n) is 6.49. The van der Waals surface area contributed by atoms with Crippen molar-refractivity contribution in [3.05, 3.63) is 59.8 Å². The molecule has 1 aliphatic heterocycles. The van der Waals surface area contributed by atoms with Gasteiger partial charge >= 0.3 is 0 Å². The zero-order chi connectivity index (χ0) is 16.5. The standard InChI is InChI=1S/C19H23N5/c1-22-13-10-20-18(22)14-24-11-8-16-17(9-12-24)23(2)21-19(16)15-6-4-3-5-7-15/h3-7,10,13H,8-9,11-12,14H2,1-2H3. The molecular weight excluding hydrogens is 298 g/mol. The van der Waals surface area contributed by atoms with Gasteiger partial charge in [0.15, 0.2) is 0 Å². The Hall–Kier alpha value is -2.40. The zero-order valence-corrected chi connectivity index (χ0v) is 14.3. The van der Waals surface area contributed by atoms with Crippen LogP contribution in [0.25, 0.3) is 11.3 Å². The van der Waals surface area contributed by atoms with Crippen LogP contribution < -0.4 is 0 Å². The quantitative estimate of drug-likeness (QED) is 0.744. The van der Waals surface area contributed by atoms with E-state index in [-0.39, 0.29) is 0 Å². The molecular formula is C19H23N5. The summed E-state index contributed by atoms with van der Waals surface area (Å²) < 4.78 is 4.18. The highest BCUT2D eigenvalue weighted by Gasteiger charge is 2.22. The molecule has 3 aromatic rings. The number of aromatic nitrogens is 4. The second-order valence-corrected chi connectivity index (χ2v) is 6.49. The van der Waals surface area contributed by atoms with E-state index in [4.69, 9.17) is 5.10 Å². The molecule has 24 heavy (non-hydrogen) atoms. The van der Waals surface area contributed by atoms with Crippen molar-refractivity contribution < 1.29 is 0 Å². The normalized spacial score (nSPS) is 15.2. The predicted molar refractivity (Wildman–Crippen MR) is 94.5 cm³/mol. The molecule has 2 aromatic heterocycles. The summed E-state index contributed by atoms with van der Waals surface area (Å²) in [4.78, 5) is 6.96. The van der Waals surface area contributed by atoms with Gasteiger partial charge in [-0.3, -0.25) is 9.58 Å². The highest BCUT2D eigenvalue weighted by Crippen LogP contribution is 2.28. The molecule has 0 atom stereocenters. The van der Waals surface area contributed by atoms with E-state index in [1.807, 2.05) is 12.4 Å². The molecule has 3 heterocycles. The Balaban J connectivity index is 1.58. The summed E-state index contributed by atoms with van der Waals surface area (Å²) in [5.41, 5.74) is 5.14. The van der Waals surface area contributed by atoms with Gasteiger partial charge in [-0.05, 0) is 6.42 Å². The van der Waals surface area contributed by atoms with E-state index < -0.39 is 0 Å². The second kappa shape index (κ2) is 6.24. The van der Waals surface area contributed by atoms with Crippen LogP contribution in [-0.2, 0) is 33.5 Å². The maximum atomic E-state index is 4.80. The van der Waals surface area contributed by atoms with Crippen molar-refractivity contribution in [1.29, 1.82) is 0 Å². The summed E-state index contributed by atoms with van der Waals surface area (Å²) in [6, 6.07) is 10.5. The Morgan fingerprint density at radius 3 is 2.58 bits per heavy atom. The number of nitrogens with zero attached hydrogens (tertiary/aromatic N) is 5. The van der Waals surface area contributed by atoms with Crippen molar-refractivity contribution >= 4 is 0 Å². The lowest BCUT2D eigenvalue weighted by Crippen LogP contribution is -2.27. The molecule has 1 aromatic carbocycles. The Kier molecular flexibility index (Phi) is 3.94. The number of imidazole rings is 1. The highest BCUT2D eigenvalue weighted by molar-refractivity contribution is 5.64. The summed E-state index contributed by atoms with van der Waals surface area (Å²) in [7, 11) is 4.13. The molecule has 0 radical (unpaired) electrons. The van der Waals surface area contributed by atoms with Crippen LogP contribution in [0, 0.1) is 0 Å². The number of aryl methyl sites for hydroxylation is 2. The van der Waals surface area contributed by atoms with Crippen LogP contribution in [0.4, 0.5) is 0 Å². The van der Waals surface area contributed by atoms with E-state index in [0.29, 0.717) is 0 Å². The minimum atomic E-state index is 0.908. The smallest absolute Gasteiger partial charge is 0.122 e. The van der Waals surface area contributed by atoms with Crippen molar-refractivity contribution in [2.75, 3.05) is 13.1 Å². The topological polar surface area (TPSA) is 38.9 Å². The minimum absolute atomic E-state index is 0.908. The summed E-state index contributed by atoms with van der Waals surface area (Å²) in [5.74, 6) is 1.13. The number of rotatable bonds is 3. The first-order valence-electron chi connectivity index (χ1n) is 8.51. The molecule has 5 nitrogen and oxygen atoms in total. The number of benzene rings is 1. The molecule has 0 aliphatic carbocycles. The monoisotopic (exact) mass is 321 g/mol. The molecule has 0 unspecified atom stereocenters. The lowest BCUT2D eigenvalue weighted by molar-refractivity contribution is 0.268. The number of hydrogen-bond donors (Lipinski definition) is 0. The Labute approximate surface area is 142 Å². The van der Waals surface area contributed by atoms with Crippen molar-refractivity contribution in [3.63, 3.8) is 0 Å². The molecule has 0 amide bonds. The number of fused-ring (bicyclic) bond motifs is 1. The van der Waals surface area contributed by atoms with Crippen LogP contribution in [0.2, 0.25) is 0 Å². The fraction of sp³-hybridized carbons (Fsp3) is 0.368. The van der Waals surface area contributed by atoms with Gasteiger partial charge < -0.3 is 4.57 Å². The fourth-order valence-corrected chi connectivity index (χ4v) is 3.56. The molecule has 0 N–H and O–H groups in total. The predicted octanol–water partition coefficient (Wildman–Crippen LogP) is 2.42. The van der Waals surface area contributed by atoms with Gasteiger partial charge in [0.25, 0.3) is 0 Å². The van der Waals surface area contributed by atoms with Gasteiger partial charge in [-0.15, -0.1) is 0 Å². The third-order valence-electron chi connectivity index (χ3n) is 4.95. The molecule has 0 spiro atoms. The molecule has 5 heteroatoms. The lowest BCUT2D eigenvalue weighted by Gasteiger charge is -2.19. The maximum Gasteiger partial charge on any atom is 0.122 e. The first-order valence-corrected chi connectivity index (χ1v) is 8.51. The van der Waals surface area contributed by atoms with Crippen LogP contribution in [0.15, 0.2) is 42.7 Å². The lowest BCUT2D eigenvalue weighted by atomic mass is 10.0. The molecule has 124 valence electrons. The van der Waals surface area contributed by atoms with Gasteiger partial charge in [0, 0.05) is 62.8 Å². The molecule has 0 bridgehead atoms. The highest BCUT2D eigenvalue weighted by atomic mass is 15.3. The molecule has 1 aliphatic rings. The van der Waals surface area contributed by atoms with Crippen molar-refractivity contribution in [2.24, 2.45) is 14.1 Å².